The molecule has 0 bridgehead atoms. The van der Waals surface area contributed by atoms with Gasteiger partial charge in [-0.3, -0.25) is 4.79 Å². The maximum absolute atomic E-state index is 13.4. The van der Waals surface area contributed by atoms with Crippen molar-refractivity contribution in [3.63, 3.8) is 0 Å². The predicted molar refractivity (Wildman–Crippen MR) is 139 cm³/mol. The van der Waals surface area contributed by atoms with Crippen LogP contribution in [0.3, 0.4) is 0 Å². The number of aryl methyl sites for hydroxylation is 2. The molecule has 1 fully saturated rings. The van der Waals surface area contributed by atoms with Crippen LogP contribution in [0.2, 0.25) is 10.0 Å². The van der Waals surface area contributed by atoms with Gasteiger partial charge in [0.05, 0.1) is 16.1 Å². The number of aromatic nitrogens is 1. The van der Waals surface area contributed by atoms with Gasteiger partial charge in [-0.25, -0.2) is 5.84 Å². The number of nitrogens with one attached hydrogen (secondary N) is 1. The Morgan fingerprint density at radius 3 is 2.46 bits per heavy atom. The van der Waals surface area contributed by atoms with Crippen molar-refractivity contribution in [2.75, 3.05) is 13.1 Å². The minimum Gasteiger partial charge on any atom is -0.347 e. The first kappa shape index (κ1) is 27.1. The SMILES string of the molecule is Cc1cc(C(F)(F)F)cc2c1cc(Cc1c(Cl)ccc(C(=O)N3CCC(/C(=N/N)NN)CC3)c1Cl)n2C. The van der Waals surface area contributed by atoms with Crippen LogP contribution >= 0.6 is 23.2 Å². The summed E-state index contributed by atoms with van der Waals surface area (Å²) in [5.74, 6) is 11.1. The van der Waals surface area contributed by atoms with Crippen LogP contribution in [-0.4, -0.2) is 34.3 Å². The average Bonchev–Trinajstić information content (AvgIpc) is 3.18. The first-order chi connectivity index (χ1) is 17.5. The van der Waals surface area contributed by atoms with Gasteiger partial charge in [0.15, 0.2) is 0 Å². The highest BCUT2D eigenvalue weighted by atomic mass is 35.5. The number of piperidine rings is 1. The lowest BCUT2D eigenvalue weighted by Crippen LogP contribution is -2.45. The number of carbonyl (C=O) groups is 1. The van der Waals surface area contributed by atoms with E-state index in [0.717, 1.165) is 17.8 Å². The van der Waals surface area contributed by atoms with Gasteiger partial charge in [0.2, 0.25) is 0 Å². The molecule has 1 aliphatic rings. The Morgan fingerprint density at radius 1 is 1.19 bits per heavy atom. The highest BCUT2D eigenvalue weighted by Gasteiger charge is 2.32. The molecule has 37 heavy (non-hydrogen) atoms. The Kier molecular flexibility index (Phi) is 7.64. The van der Waals surface area contributed by atoms with Gasteiger partial charge in [-0.05, 0) is 61.2 Å². The number of benzene rings is 2. The van der Waals surface area contributed by atoms with E-state index in [1.165, 1.54) is 0 Å². The van der Waals surface area contributed by atoms with Crippen LogP contribution < -0.4 is 17.1 Å². The minimum absolute atomic E-state index is 0.0306. The van der Waals surface area contributed by atoms with Crippen molar-refractivity contribution in [1.29, 1.82) is 0 Å². The van der Waals surface area contributed by atoms with Gasteiger partial charge in [0, 0.05) is 54.1 Å². The summed E-state index contributed by atoms with van der Waals surface area (Å²) in [7, 11) is 1.70. The lowest BCUT2D eigenvalue weighted by Gasteiger charge is -2.32. The number of hydrogen-bond acceptors (Lipinski definition) is 4. The van der Waals surface area contributed by atoms with Crippen molar-refractivity contribution in [3.8, 4) is 0 Å². The van der Waals surface area contributed by atoms with E-state index >= 15 is 0 Å². The number of carbonyl (C=O) groups excluding carboxylic acids is 1. The highest BCUT2D eigenvalue weighted by molar-refractivity contribution is 6.38. The second-order valence-corrected chi connectivity index (χ2v) is 9.99. The fourth-order valence-corrected chi connectivity index (χ4v) is 5.47. The fraction of sp³-hybridized carbons (Fsp3) is 0.360. The topological polar surface area (TPSA) is 102 Å². The molecule has 1 amide bonds. The van der Waals surface area contributed by atoms with E-state index in [-0.39, 0.29) is 23.3 Å². The second kappa shape index (κ2) is 10.4. The zero-order chi connectivity index (χ0) is 27.1. The quantitative estimate of drug-likeness (QED) is 0.183. The molecule has 0 atom stereocenters. The van der Waals surface area contributed by atoms with Gasteiger partial charge in [-0.15, -0.1) is 0 Å². The first-order valence-corrected chi connectivity index (χ1v) is 12.4. The van der Waals surface area contributed by atoms with Gasteiger partial charge in [0.1, 0.15) is 5.84 Å². The molecule has 4 rings (SSSR count). The monoisotopic (exact) mass is 554 g/mol. The minimum atomic E-state index is -4.45. The lowest BCUT2D eigenvalue weighted by molar-refractivity contribution is -0.137. The second-order valence-electron chi connectivity index (χ2n) is 9.21. The van der Waals surface area contributed by atoms with Crippen LogP contribution in [0.1, 0.15) is 45.6 Å². The van der Waals surface area contributed by atoms with Gasteiger partial charge in [0.25, 0.3) is 5.91 Å². The van der Waals surface area contributed by atoms with Crippen molar-refractivity contribution in [1.82, 2.24) is 14.9 Å². The summed E-state index contributed by atoms with van der Waals surface area (Å²) >= 11 is 13.2. The Bertz CT molecular complexity index is 1380. The molecule has 1 saturated heterocycles. The van der Waals surface area contributed by atoms with Gasteiger partial charge < -0.3 is 20.7 Å². The van der Waals surface area contributed by atoms with Crippen LogP contribution in [0.5, 0.6) is 0 Å². The standard InChI is InChI=1S/C25H27Cl2F3N6O/c1-13-9-15(25(28,29)30)10-21-18(13)11-16(35(21)2)12-19-20(26)4-3-17(22(19)27)24(37)36-7-5-14(6-8-36)23(33-31)34-32/h3-4,9-11,14H,5-8,12,31-32H2,1-2H3,(H,33,34). The molecule has 0 aliphatic carbocycles. The summed E-state index contributed by atoms with van der Waals surface area (Å²) in [5, 5.41) is 4.97. The van der Waals surface area contributed by atoms with E-state index in [1.54, 1.807) is 35.6 Å². The number of halogens is 5. The molecular formula is C25H27Cl2F3N6O. The maximum Gasteiger partial charge on any atom is 0.416 e. The zero-order valence-corrected chi connectivity index (χ0v) is 21.8. The summed E-state index contributed by atoms with van der Waals surface area (Å²) in [6.45, 7) is 2.60. The van der Waals surface area contributed by atoms with Crippen molar-refractivity contribution in [2.45, 2.75) is 32.4 Å². The molecule has 1 aromatic heterocycles. The van der Waals surface area contributed by atoms with Crippen molar-refractivity contribution in [3.05, 3.63) is 68.3 Å². The highest BCUT2D eigenvalue weighted by Crippen LogP contribution is 2.36. The van der Waals surface area contributed by atoms with Gasteiger partial charge in [-0.2, -0.15) is 18.3 Å². The van der Waals surface area contributed by atoms with E-state index in [9.17, 15) is 18.0 Å². The number of hydrogen-bond donors (Lipinski definition) is 3. The number of nitrogens with zero attached hydrogens (tertiary/aromatic N) is 3. The number of hydrazine groups is 1. The molecule has 12 heteroatoms. The van der Waals surface area contributed by atoms with E-state index in [1.807, 2.05) is 6.07 Å². The fourth-order valence-electron chi connectivity index (χ4n) is 4.89. The number of amidine groups is 1. The Hall–Kier alpha value is -2.95. The average molecular weight is 555 g/mol. The third-order valence-electron chi connectivity index (χ3n) is 7.03. The van der Waals surface area contributed by atoms with Crippen LogP contribution in [-0.2, 0) is 19.6 Å². The van der Waals surface area contributed by atoms with Crippen LogP contribution in [0.25, 0.3) is 10.9 Å². The summed E-state index contributed by atoms with van der Waals surface area (Å²) in [6, 6.07) is 7.33. The predicted octanol–water partition coefficient (Wildman–Crippen LogP) is 4.99. The number of alkyl halides is 3. The Morgan fingerprint density at radius 2 is 1.86 bits per heavy atom. The maximum atomic E-state index is 13.4. The van der Waals surface area contributed by atoms with Crippen molar-refractivity contribution in [2.24, 2.45) is 29.8 Å². The van der Waals surface area contributed by atoms with E-state index in [4.69, 9.17) is 34.9 Å². The largest absolute Gasteiger partial charge is 0.416 e. The molecule has 1 aliphatic heterocycles. The third-order valence-corrected chi connectivity index (χ3v) is 7.81. The number of hydrazone groups is 1. The third kappa shape index (κ3) is 5.23. The van der Waals surface area contributed by atoms with Crippen LogP contribution in [0.4, 0.5) is 13.2 Å². The number of rotatable bonds is 4. The molecule has 2 aromatic carbocycles. The summed E-state index contributed by atoms with van der Waals surface area (Å²) in [6.07, 6.45) is -2.93. The molecule has 0 spiro atoms. The molecule has 0 radical (unpaired) electrons. The van der Waals surface area contributed by atoms with Crippen molar-refractivity contribution < 1.29 is 18.0 Å². The molecule has 3 aromatic rings. The molecule has 7 nitrogen and oxygen atoms in total. The van der Waals surface area contributed by atoms with E-state index in [2.05, 4.69) is 10.5 Å². The molecule has 5 N–H and O–H groups in total. The Labute approximate surface area is 222 Å². The Balaban J connectivity index is 1.62. The van der Waals surface area contributed by atoms with E-state index < -0.39 is 11.7 Å². The van der Waals surface area contributed by atoms with Crippen LogP contribution in [0.15, 0.2) is 35.4 Å². The van der Waals surface area contributed by atoms with Gasteiger partial charge >= 0.3 is 6.18 Å². The summed E-state index contributed by atoms with van der Waals surface area (Å²) in [5.41, 5.74) is 4.34. The lowest BCUT2D eigenvalue weighted by atomic mass is 9.95. The number of fused-ring (bicyclic) bond motifs is 1. The molecular weight excluding hydrogens is 528 g/mol. The van der Waals surface area contributed by atoms with Crippen molar-refractivity contribution >= 4 is 45.8 Å². The molecule has 0 saturated carbocycles. The zero-order valence-electron chi connectivity index (χ0n) is 20.3. The summed E-state index contributed by atoms with van der Waals surface area (Å²) < 4.78 is 41.8. The number of nitrogens with two attached hydrogens (primary N) is 2. The van der Waals surface area contributed by atoms with E-state index in [0.29, 0.717) is 64.4 Å². The molecule has 0 unspecified atom stereocenters. The number of amides is 1. The number of likely N-dealkylation sites (tertiary alicyclic amines) is 1. The smallest absolute Gasteiger partial charge is 0.347 e. The molecule has 2 heterocycles. The van der Waals surface area contributed by atoms with Crippen LogP contribution in [0, 0.1) is 12.8 Å². The summed E-state index contributed by atoms with van der Waals surface area (Å²) in [4.78, 5) is 15.0. The van der Waals surface area contributed by atoms with Gasteiger partial charge in [-0.1, -0.05) is 23.2 Å². The normalized spacial score (nSPS) is 15.5. The molecule has 198 valence electrons. The first-order valence-electron chi connectivity index (χ1n) is 11.6.